The molecule has 3 aliphatic rings. The zero-order valence-electron chi connectivity index (χ0n) is 50.7. The fourth-order valence-electron chi connectivity index (χ4n) is 10.9. The topological polar surface area (TPSA) is 230 Å². The van der Waals surface area contributed by atoms with Gasteiger partial charge in [-0.3, -0.25) is 9.59 Å². The monoisotopic (exact) mass is 1250 g/mol. The van der Waals surface area contributed by atoms with E-state index in [1.807, 2.05) is 152 Å². The first-order valence-electron chi connectivity index (χ1n) is 30.2. The highest BCUT2D eigenvalue weighted by Gasteiger charge is 2.57. The van der Waals surface area contributed by atoms with E-state index in [1.165, 1.54) is 0 Å². The SMILES string of the molecule is COc1ccc(O[C@@H]2O[C@H](CO[C@@H]3O[C@H](COC(=O)c4ccccc4)[C@@H](O[C@H]4O[C@H](CO)[C@H](O)[C@H](OCc5ccccc5)[C@H]4OCc4ccccc4)[C@H](OC(C)=O)[C@H]3OC(C)=O)[C@H](OCc3ccccc3)[C@H](OCc3ccccc3)[C@H]2OCc2ccccc2)cc1. The van der Waals surface area contributed by atoms with Crippen LogP contribution < -0.4 is 9.47 Å². The number of esters is 3. The van der Waals surface area contributed by atoms with Crippen LogP contribution in [0.25, 0.3) is 0 Å². The van der Waals surface area contributed by atoms with Gasteiger partial charge < -0.3 is 81.3 Å². The highest BCUT2D eigenvalue weighted by molar-refractivity contribution is 5.89. The summed E-state index contributed by atoms with van der Waals surface area (Å²) >= 11 is 0. The number of rotatable bonds is 29. The van der Waals surface area contributed by atoms with Crippen LogP contribution in [0.1, 0.15) is 52.0 Å². The Kier molecular flexibility index (Phi) is 24.2. The van der Waals surface area contributed by atoms with E-state index in [9.17, 15) is 24.6 Å². The Morgan fingerprint density at radius 3 is 1.26 bits per heavy atom. The number of carbonyl (C=O) groups is 3. The van der Waals surface area contributed by atoms with Crippen molar-refractivity contribution in [3.63, 3.8) is 0 Å². The molecule has 3 saturated heterocycles. The van der Waals surface area contributed by atoms with Gasteiger partial charge in [0.1, 0.15) is 79.1 Å². The Balaban J connectivity index is 1.02. The van der Waals surface area contributed by atoms with Crippen LogP contribution in [-0.2, 0) is 104 Å². The molecule has 0 spiro atoms. The fraction of sp³-hybridized carbons (Fsp3) is 0.366. The van der Waals surface area contributed by atoms with Gasteiger partial charge in [0.2, 0.25) is 6.29 Å². The van der Waals surface area contributed by atoms with Gasteiger partial charge in [0.25, 0.3) is 0 Å². The second-order valence-electron chi connectivity index (χ2n) is 21.9. The molecule has 0 bridgehead atoms. The lowest BCUT2D eigenvalue weighted by Crippen LogP contribution is -2.67. The van der Waals surface area contributed by atoms with Crippen LogP contribution in [0.3, 0.4) is 0 Å². The second kappa shape index (κ2) is 33.4. The first-order valence-corrected chi connectivity index (χ1v) is 30.2. The molecule has 7 aromatic carbocycles. The molecule has 7 aromatic rings. The smallest absolute Gasteiger partial charge is 0.338 e. The second-order valence-corrected chi connectivity index (χ2v) is 21.9. The first kappa shape index (κ1) is 66.0. The molecule has 0 amide bonds. The predicted octanol–water partition coefficient (Wildman–Crippen LogP) is 8.65. The minimum absolute atomic E-state index is 0.00529. The number of benzene rings is 7. The molecule has 15 atom stereocenters. The number of carbonyl (C=O) groups excluding carboxylic acids is 3. The average Bonchev–Trinajstić information content (AvgIpc) is 0.939. The van der Waals surface area contributed by atoms with Crippen molar-refractivity contribution >= 4 is 17.9 Å². The number of hydrogen-bond donors (Lipinski definition) is 2. The largest absolute Gasteiger partial charge is 0.497 e. The molecule has 0 radical (unpaired) electrons. The van der Waals surface area contributed by atoms with E-state index in [0.29, 0.717) is 11.5 Å². The minimum atomic E-state index is -1.66. The summed E-state index contributed by atoms with van der Waals surface area (Å²) in [6.45, 7) is 0.926. The Labute approximate surface area is 528 Å². The molecular formula is C71H76O20. The van der Waals surface area contributed by atoms with E-state index in [0.717, 1.165) is 41.7 Å². The molecular weight excluding hydrogens is 1170 g/mol. The molecule has 10 rings (SSSR count). The summed E-state index contributed by atoms with van der Waals surface area (Å²) in [5.41, 5.74) is 4.28. The van der Waals surface area contributed by atoms with Gasteiger partial charge in [-0.1, -0.05) is 170 Å². The van der Waals surface area contributed by atoms with Crippen molar-refractivity contribution in [1.82, 2.24) is 0 Å². The molecule has 20 nitrogen and oxygen atoms in total. The lowest BCUT2D eigenvalue weighted by atomic mass is 9.95. The van der Waals surface area contributed by atoms with E-state index in [4.69, 9.17) is 71.1 Å². The summed E-state index contributed by atoms with van der Waals surface area (Å²) in [4.78, 5) is 41.1. The van der Waals surface area contributed by atoms with Crippen LogP contribution in [0.5, 0.6) is 11.5 Å². The Morgan fingerprint density at radius 2 is 0.791 bits per heavy atom. The van der Waals surface area contributed by atoms with Crippen LogP contribution >= 0.6 is 0 Å². The van der Waals surface area contributed by atoms with E-state index >= 15 is 0 Å². The van der Waals surface area contributed by atoms with Crippen LogP contribution in [0, 0.1) is 0 Å². The number of methoxy groups -OCH3 is 1. The number of aliphatic hydroxyl groups is 2. The highest BCUT2D eigenvalue weighted by atomic mass is 16.8. The summed E-state index contributed by atoms with van der Waals surface area (Å²) in [6.07, 6.45) is -20.1. The third-order valence-electron chi connectivity index (χ3n) is 15.4. The van der Waals surface area contributed by atoms with Gasteiger partial charge in [-0.2, -0.15) is 0 Å². The molecule has 91 heavy (non-hydrogen) atoms. The normalized spacial score (nSPS) is 26.4. The van der Waals surface area contributed by atoms with Crippen molar-refractivity contribution < 1.29 is 95.6 Å². The molecule has 0 saturated carbocycles. The quantitative estimate of drug-likeness (QED) is 0.0330. The maximum absolute atomic E-state index is 13.9. The van der Waals surface area contributed by atoms with Crippen molar-refractivity contribution in [2.75, 3.05) is 26.9 Å². The molecule has 0 unspecified atom stereocenters. The van der Waals surface area contributed by atoms with E-state index in [2.05, 4.69) is 0 Å². The summed E-state index contributed by atoms with van der Waals surface area (Å²) in [5.74, 6) is -1.42. The zero-order valence-corrected chi connectivity index (χ0v) is 50.7. The lowest BCUT2D eigenvalue weighted by molar-refractivity contribution is -0.371. The minimum Gasteiger partial charge on any atom is -0.497 e. The Hall–Kier alpha value is -7.93. The van der Waals surface area contributed by atoms with Crippen LogP contribution in [0.2, 0.25) is 0 Å². The fourth-order valence-corrected chi connectivity index (χ4v) is 10.9. The predicted molar refractivity (Wildman–Crippen MR) is 326 cm³/mol. The average molecular weight is 1250 g/mol. The lowest BCUT2D eigenvalue weighted by Gasteiger charge is -2.49. The van der Waals surface area contributed by atoms with Crippen LogP contribution in [0.4, 0.5) is 0 Å². The van der Waals surface area contributed by atoms with Crippen molar-refractivity contribution in [2.24, 2.45) is 0 Å². The maximum atomic E-state index is 13.9. The summed E-state index contributed by atoms with van der Waals surface area (Å²) in [6, 6.07) is 62.5. The van der Waals surface area contributed by atoms with Gasteiger partial charge in [0, 0.05) is 13.8 Å². The van der Waals surface area contributed by atoms with Crippen LogP contribution in [-0.4, -0.2) is 147 Å². The summed E-state index contributed by atoms with van der Waals surface area (Å²) in [5, 5.41) is 22.7. The Morgan fingerprint density at radius 1 is 0.396 bits per heavy atom. The summed E-state index contributed by atoms with van der Waals surface area (Å²) in [7, 11) is 1.56. The Bertz CT molecular complexity index is 3280. The van der Waals surface area contributed by atoms with E-state index in [1.54, 1.807) is 61.7 Å². The molecule has 20 heteroatoms. The molecule has 0 aromatic heterocycles. The first-order chi connectivity index (χ1) is 44.5. The molecule has 2 N–H and O–H groups in total. The van der Waals surface area contributed by atoms with Gasteiger partial charge in [0.05, 0.1) is 58.9 Å². The van der Waals surface area contributed by atoms with Crippen LogP contribution in [0.15, 0.2) is 206 Å². The molecule has 3 fully saturated rings. The molecule has 3 aliphatic heterocycles. The number of ether oxygens (including phenoxy) is 15. The van der Waals surface area contributed by atoms with Crippen molar-refractivity contribution in [3.05, 3.63) is 240 Å². The summed E-state index contributed by atoms with van der Waals surface area (Å²) < 4.78 is 98.4. The molecule has 0 aliphatic carbocycles. The number of aliphatic hydroxyl groups excluding tert-OH is 2. The van der Waals surface area contributed by atoms with Crippen molar-refractivity contribution in [1.29, 1.82) is 0 Å². The molecule has 3 heterocycles. The van der Waals surface area contributed by atoms with Gasteiger partial charge in [-0.25, -0.2) is 4.79 Å². The van der Waals surface area contributed by atoms with Crippen molar-refractivity contribution in [2.45, 2.75) is 139 Å². The van der Waals surface area contributed by atoms with Gasteiger partial charge in [0.15, 0.2) is 24.8 Å². The van der Waals surface area contributed by atoms with E-state index in [-0.39, 0.29) is 38.6 Å². The third kappa shape index (κ3) is 18.4. The maximum Gasteiger partial charge on any atom is 0.338 e. The molecule has 480 valence electrons. The van der Waals surface area contributed by atoms with Gasteiger partial charge >= 0.3 is 17.9 Å². The van der Waals surface area contributed by atoms with Gasteiger partial charge in [-0.05, 0) is 64.2 Å². The van der Waals surface area contributed by atoms with E-state index < -0.39 is 130 Å². The number of hydrogen-bond acceptors (Lipinski definition) is 20. The zero-order chi connectivity index (χ0) is 63.3. The highest BCUT2D eigenvalue weighted by Crippen LogP contribution is 2.38. The third-order valence-corrected chi connectivity index (χ3v) is 15.4. The van der Waals surface area contributed by atoms with Gasteiger partial charge in [-0.15, -0.1) is 0 Å². The standard InChI is InChI=1S/C71H76O20/c1-46(73)85-64-61(91-71-65(81-42-51-28-16-7-17-29-51)62(59(75)56(38-72)88-71)79-40-49-24-12-5-13-25-49)58(44-83-68(76)53-32-20-9-21-33-53)89-69(67(64)86-47(2)74)84-45-57-60(78-39-48-22-10-4-11-23-48)63(80-41-50-26-14-6-15-27-50)66(82-43-52-30-18-8-19-31-52)70(90-57)87-55-36-34-54(77-3)35-37-55/h4-37,56-67,69-72,75H,38-45H2,1-3H3/t56-,57-,58-,59+,60+,61-,62+,63+,64+,65-,66-,67-,69-,70-,71-/m1/s1. The van der Waals surface area contributed by atoms with Crippen molar-refractivity contribution in [3.8, 4) is 11.5 Å².